The van der Waals surface area contributed by atoms with Crippen LogP contribution in [0.15, 0.2) is 29.4 Å². The van der Waals surface area contributed by atoms with Crippen molar-refractivity contribution in [3.05, 3.63) is 24.3 Å². The summed E-state index contributed by atoms with van der Waals surface area (Å²) in [7, 11) is 0. The second kappa shape index (κ2) is 7.90. The first-order chi connectivity index (χ1) is 10.3. The molecule has 7 heteroatoms. The Morgan fingerprint density at radius 3 is 2.57 bits per heavy atom. The van der Waals surface area contributed by atoms with Crippen LogP contribution in [0.3, 0.4) is 0 Å². The van der Waals surface area contributed by atoms with E-state index in [-0.39, 0.29) is 0 Å². The number of thioether (sulfide) groups is 1. The van der Waals surface area contributed by atoms with Crippen LogP contribution in [0.5, 0.6) is 5.75 Å². The minimum atomic E-state index is 0.641. The number of ether oxygens (including phenoxy) is 2. The number of benzene rings is 1. The van der Waals surface area contributed by atoms with Crippen LogP contribution in [0.25, 0.3) is 11.4 Å². The van der Waals surface area contributed by atoms with E-state index in [2.05, 4.69) is 10.2 Å². The summed E-state index contributed by atoms with van der Waals surface area (Å²) in [6.45, 7) is 4.09. The van der Waals surface area contributed by atoms with Crippen molar-refractivity contribution in [2.75, 3.05) is 31.9 Å². The fraction of sp³-hybridized carbons (Fsp3) is 0.429. The van der Waals surface area contributed by atoms with Gasteiger partial charge in [0, 0.05) is 25.2 Å². The maximum absolute atomic E-state index is 5.94. The van der Waals surface area contributed by atoms with Gasteiger partial charge in [0.25, 0.3) is 0 Å². The lowest BCUT2D eigenvalue weighted by Crippen LogP contribution is -2.11. The van der Waals surface area contributed by atoms with Crippen LogP contribution in [-0.4, -0.2) is 40.9 Å². The molecule has 1 heterocycles. The molecule has 1 aromatic carbocycles. The van der Waals surface area contributed by atoms with Gasteiger partial charge >= 0.3 is 0 Å². The van der Waals surface area contributed by atoms with E-state index in [1.54, 1.807) is 0 Å². The molecule has 2 aromatic rings. The summed E-state index contributed by atoms with van der Waals surface area (Å²) in [4.78, 5) is 0. The van der Waals surface area contributed by atoms with Crippen LogP contribution in [0.1, 0.15) is 13.3 Å². The summed E-state index contributed by atoms with van der Waals surface area (Å²) < 4.78 is 12.4. The van der Waals surface area contributed by atoms with Gasteiger partial charge in [0.05, 0.1) is 6.61 Å². The molecule has 2 N–H and O–H groups in total. The van der Waals surface area contributed by atoms with E-state index in [4.69, 9.17) is 15.3 Å². The van der Waals surface area contributed by atoms with Gasteiger partial charge in [-0.25, -0.2) is 4.68 Å². The smallest absolute Gasteiger partial charge is 0.209 e. The second-order valence-electron chi connectivity index (χ2n) is 4.30. The van der Waals surface area contributed by atoms with Gasteiger partial charge in [0.1, 0.15) is 5.75 Å². The first kappa shape index (κ1) is 15.7. The number of hydrogen-bond donors (Lipinski definition) is 1. The van der Waals surface area contributed by atoms with Crippen LogP contribution >= 0.6 is 11.8 Å². The van der Waals surface area contributed by atoms with Crippen LogP contribution < -0.4 is 10.6 Å². The average Bonchev–Trinajstić information content (AvgIpc) is 2.88. The monoisotopic (exact) mass is 308 g/mol. The number of nitrogen functional groups attached to an aromatic ring is 1. The minimum absolute atomic E-state index is 0.641. The number of aromatic nitrogens is 3. The van der Waals surface area contributed by atoms with Gasteiger partial charge in [-0.3, -0.25) is 0 Å². The van der Waals surface area contributed by atoms with Crippen molar-refractivity contribution in [1.82, 2.24) is 14.9 Å². The first-order valence-corrected chi connectivity index (χ1v) is 8.04. The zero-order chi connectivity index (χ0) is 15.1. The third-order valence-corrected chi connectivity index (χ3v) is 3.51. The molecule has 0 aliphatic carbocycles. The van der Waals surface area contributed by atoms with Crippen molar-refractivity contribution in [3.8, 4) is 17.1 Å². The van der Waals surface area contributed by atoms with Crippen LogP contribution in [0.2, 0.25) is 0 Å². The molecule has 6 nitrogen and oxygen atoms in total. The third-order valence-electron chi connectivity index (χ3n) is 2.87. The first-order valence-electron chi connectivity index (χ1n) is 6.81. The zero-order valence-electron chi connectivity index (χ0n) is 12.3. The maximum Gasteiger partial charge on any atom is 0.209 e. The Labute approximate surface area is 128 Å². The summed E-state index contributed by atoms with van der Waals surface area (Å²) in [5, 5.41) is 8.79. The van der Waals surface area contributed by atoms with Gasteiger partial charge in [-0.05, 0) is 37.4 Å². The number of rotatable bonds is 8. The predicted octanol–water partition coefficient (Wildman–Crippen LogP) is 2.19. The Morgan fingerprint density at radius 2 is 1.95 bits per heavy atom. The molecule has 0 aliphatic rings. The van der Waals surface area contributed by atoms with E-state index in [9.17, 15) is 0 Å². The van der Waals surface area contributed by atoms with E-state index in [1.807, 2.05) is 37.4 Å². The highest BCUT2D eigenvalue weighted by Crippen LogP contribution is 2.22. The minimum Gasteiger partial charge on any atom is -0.494 e. The zero-order valence-corrected chi connectivity index (χ0v) is 13.1. The Bertz CT molecular complexity index is 557. The molecule has 0 atom stereocenters. The predicted molar refractivity (Wildman–Crippen MR) is 84.0 cm³/mol. The highest BCUT2D eigenvalue weighted by Gasteiger charge is 2.10. The largest absolute Gasteiger partial charge is 0.494 e. The summed E-state index contributed by atoms with van der Waals surface area (Å²) >= 11 is 1.46. The molecule has 0 fully saturated rings. The molecule has 0 bridgehead atoms. The molecule has 0 aliphatic heterocycles. The fourth-order valence-electron chi connectivity index (χ4n) is 1.81. The summed E-state index contributed by atoms with van der Waals surface area (Å²) in [6.07, 6.45) is 2.79. The van der Waals surface area contributed by atoms with Crippen molar-refractivity contribution >= 4 is 11.8 Å². The average molecular weight is 308 g/mol. The molecule has 1 aromatic heterocycles. The number of nitrogens with two attached hydrogens (primary N) is 1. The van der Waals surface area contributed by atoms with Crippen molar-refractivity contribution < 1.29 is 9.47 Å². The molecule has 21 heavy (non-hydrogen) atoms. The molecule has 114 valence electrons. The molecular weight excluding hydrogens is 288 g/mol. The van der Waals surface area contributed by atoms with Crippen LogP contribution in [0, 0.1) is 0 Å². The van der Waals surface area contributed by atoms with E-state index < -0.39 is 0 Å². The standard InChI is InChI=1S/C14H20N4O2S/c1-3-19-9-4-10-20-12-7-5-11(6-8-12)13-16-17-14(21-2)18(13)15/h5-8H,3-4,9-10,15H2,1-2H3. The molecule has 0 saturated heterocycles. The quantitative estimate of drug-likeness (QED) is 0.458. The van der Waals surface area contributed by atoms with Crippen molar-refractivity contribution in [2.24, 2.45) is 0 Å². The molecular formula is C14H20N4O2S. The molecule has 0 radical (unpaired) electrons. The SMILES string of the molecule is CCOCCCOc1ccc(-c2nnc(SC)n2N)cc1. The lowest BCUT2D eigenvalue weighted by molar-refractivity contribution is 0.131. The lowest BCUT2D eigenvalue weighted by Gasteiger charge is -2.07. The summed E-state index contributed by atoms with van der Waals surface area (Å²) in [5.41, 5.74) is 0.909. The van der Waals surface area contributed by atoms with E-state index in [0.717, 1.165) is 30.9 Å². The van der Waals surface area contributed by atoms with Crippen molar-refractivity contribution in [2.45, 2.75) is 18.5 Å². The highest BCUT2D eigenvalue weighted by molar-refractivity contribution is 7.98. The van der Waals surface area contributed by atoms with Gasteiger partial charge in [0.15, 0.2) is 5.82 Å². The Balaban J connectivity index is 1.94. The molecule has 2 rings (SSSR count). The highest BCUT2D eigenvalue weighted by atomic mass is 32.2. The van der Waals surface area contributed by atoms with Crippen molar-refractivity contribution in [3.63, 3.8) is 0 Å². The normalized spacial score (nSPS) is 10.8. The Hall–Kier alpha value is -1.73. The fourth-order valence-corrected chi connectivity index (χ4v) is 2.21. The third kappa shape index (κ3) is 4.12. The van der Waals surface area contributed by atoms with Gasteiger partial charge in [-0.1, -0.05) is 11.8 Å². The maximum atomic E-state index is 5.94. The lowest BCUT2D eigenvalue weighted by atomic mass is 10.2. The van der Waals surface area contributed by atoms with Gasteiger partial charge in [0.2, 0.25) is 5.16 Å². The second-order valence-corrected chi connectivity index (χ2v) is 5.08. The number of nitrogens with zero attached hydrogens (tertiary/aromatic N) is 3. The summed E-state index contributed by atoms with van der Waals surface area (Å²) in [5.74, 6) is 7.40. The summed E-state index contributed by atoms with van der Waals surface area (Å²) in [6, 6.07) is 7.66. The van der Waals surface area contributed by atoms with Gasteiger partial charge < -0.3 is 15.3 Å². The van der Waals surface area contributed by atoms with E-state index >= 15 is 0 Å². The topological polar surface area (TPSA) is 75.2 Å². The number of hydrogen-bond acceptors (Lipinski definition) is 6. The van der Waals surface area contributed by atoms with Gasteiger partial charge in [-0.2, -0.15) is 0 Å². The Morgan fingerprint density at radius 1 is 1.19 bits per heavy atom. The van der Waals surface area contributed by atoms with Crippen LogP contribution in [-0.2, 0) is 4.74 Å². The van der Waals surface area contributed by atoms with Crippen molar-refractivity contribution in [1.29, 1.82) is 0 Å². The van der Waals surface area contributed by atoms with Crippen LogP contribution in [0.4, 0.5) is 0 Å². The Kier molecular flexibility index (Phi) is 5.89. The van der Waals surface area contributed by atoms with E-state index in [0.29, 0.717) is 17.6 Å². The molecule has 0 unspecified atom stereocenters. The van der Waals surface area contributed by atoms with E-state index in [1.165, 1.54) is 16.4 Å². The van der Waals surface area contributed by atoms with Gasteiger partial charge in [-0.15, -0.1) is 10.2 Å². The molecule has 0 saturated carbocycles. The molecule has 0 amide bonds. The molecule has 0 spiro atoms.